The SMILES string of the molecule is Cc1ccc(CSc2nnc(N3C(=O)C(=O)C(=C(O)c4ccncc4)C3c3ccc(Cl)cc3)s2)cc1. The maximum atomic E-state index is 13.2. The van der Waals surface area contributed by atoms with Crippen molar-refractivity contribution in [3.05, 3.63) is 106 Å². The van der Waals surface area contributed by atoms with E-state index in [1.807, 2.05) is 6.92 Å². The fourth-order valence-corrected chi connectivity index (χ4v) is 5.79. The van der Waals surface area contributed by atoms with E-state index < -0.39 is 17.7 Å². The number of thioether (sulfide) groups is 1. The van der Waals surface area contributed by atoms with Crippen LogP contribution in [0.3, 0.4) is 0 Å². The summed E-state index contributed by atoms with van der Waals surface area (Å²) in [5, 5.41) is 20.3. The first kappa shape index (κ1) is 24.2. The van der Waals surface area contributed by atoms with Crippen LogP contribution in [0.5, 0.6) is 0 Å². The van der Waals surface area contributed by atoms with Crippen molar-refractivity contribution in [3.63, 3.8) is 0 Å². The number of hydrogen-bond donors (Lipinski definition) is 1. The molecule has 180 valence electrons. The molecule has 0 spiro atoms. The van der Waals surface area contributed by atoms with E-state index in [9.17, 15) is 14.7 Å². The van der Waals surface area contributed by atoms with E-state index in [0.29, 0.717) is 26.2 Å². The zero-order valence-corrected chi connectivity index (χ0v) is 21.3. The van der Waals surface area contributed by atoms with Gasteiger partial charge in [-0.1, -0.05) is 76.7 Å². The number of halogens is 1. The molecule has 1 aliphatic rings. The largest absolute Gasteiger partial charge is 0.507 e. The number of aromatic nitrogens is 3. The number of anilines is 1. The summed E-state index contributed by atoms with van der Waals surface area (Å²) < 4.78 is 0.663. The molecule has 1 N–H and O–H groups in total. The average Bonchev–Trinajstić information content (AvgIpc) is 3.46. The Morgan fingerprint density at radius 3 is 2.42 bits per heavy atom. The zero-order chi connectivity index (χ0) is 25.2. The van der Waals surface area contributed by atoms with Gasteiger partial charge in [0.2, 0.25) is 5.13 Å². The number of carbonyl (C=O) groups excluding carboxylic acids is 2. The molecule has 0 bridgehead atoms. The normalized spacial score (nSPS) is 17.1. The molecule has 1 saturated heterocycles. The lowest BCUT2D eigenvalue weighted by molar-refractivity contribution is -0.132. The Kier molecular flexibility index (Phi) is 6.86. The highest BCUT2D eigenvalue weighted by molar-refractivity contribution is 8.00. The van der Waals surface area contributed by atoms with E-state index in [-0.39, 0.29) is 16.5 Å². The van der Waals surface area contributed by atoms with Crippen molar-refractivity contribution >= 4 is 57.3 Å². The van der Waals surface area contributed by atoms with Gasteiger partial charge in [0.1, 0.15) is 5.76 Å². The summed E-state index contributed by atoms with van der Waals surface area (Å²) in [4.78, 5) is 31.7. The van der Waals surface area contributed by atoms with Crippen LogP contribution in [0.2, 0.25) is 5.02 Å². The van der Waals surface area contributed by atoms with Gasteiger partial charge < -0.3 is 5.11 Å². The van der Waals surface area contributed by atoms with Crippen molar-refractivity contribution in [2.75, 3.05) is 4.90 Å². The van der Waals surface area contributed by atoms with Crippen LogP contribution in [0, 0.1) is 6.92 Å². The van der Waals surface area contributed by atoms with Crippen LogP contribution < -0.4 is 4.90 Å². The molecule has 0 radical (unpaired) electrons. The van der Waals surface area contributed by atoms with Crippen LogP contribution >= 0.6 is 34.7 Å². The number of aliphatic hydroxyl groups is 1. The van der Waals surface area contributed by atoms with Gasteiger partial charge in [-0.2, -0.15) is 0 Å². The number of aryl methyl sites for hydroxylation is 1. The fraction of sp³-hybridized carbons (Fsp3) is 0.115. The summed E-state index contributed by atoms with van der Waals surface area (Å²) >= 11 is 8.81. The monoisotopic (exact) mass is 534 g/mol. The Morgan fingerprint density at radius 2 is 1.72 bits per heavy atom. The number of ketones is 1. The summed E-state index contributed by atoms with van der Waals surface area (Å²) in [5.41, 5.74) is 3.29. The van der Waals surface area contributed by atoms with Crippen molar-refractivity contribution in [1.29, 1.82) is 0 Å². The molecule has 3 heterocycles. The number of pyridine rings is 1. The van der Waals surface area contributed by atoms with E-state index in [1.165, 1.54) is 46.0 Å². The Hall–Kier alpha value is -3.53. The van der Waals surface area contributed by atoms with Crippen molar-refractivity contribution in [2.45, 2.75) is 23.1 Å². The number of Topliss-reactive ketones (excluding diaryl/α,β-unsaturated/α-hetero) is 1. The van der Waals surface area contributed by atoms with Gasteiger partial charge in [-0.3, -0.25) is 19.5 Å². The Labute approximate surface area is 220 Å². The van der Waals surface area contributed by atoms with Crippen molar-refractivity contribution < 1.29 is 14.7 Å². The molecule has 2 aromatic heterocycles. The van der Waals surface area contributed by atoms with Gasteiger partial charge in [-0.25, -0.2) is 0 Å². The van der Waals surface area contributed by atoms with Gasteiger partial charge in [0.15, 0.2) is 4.34 Å². The van der Waals surface area contributed by atoms with E-state index in [1.54, 1.807) is 36.4 Å². The molecule has 1 atom stereocenters. The molecule has 0 aliphatic carbocycles. The first-order valence-electron chi connectivity index (χ1n) is 10.9. The van der Waals surface area contributed by atoms with E-state index in [4.69, 9.17) is 11.6 Å². The molecule has 1 unspecified atom stereocenters. The summed E-state index contributed by atoms with van der Waals surface area (Å²) in [5.74, 6) is -1.17. The van der Waals surface area contributed by atoms with Crippen LogP contribution in [-0.2, 0) is 15.3 Å². The van der Waals surface area contributed by atoms with Gasteiger partial charge in [0.05, 0.1) is 11.6 Å². The third-order valence-electron chi connectivity index (χ3n) is 5.67. The highest BCUT2D eigenvalue weighted by Gasteiger charge is 2.48. The minimum atomic E-state index is -0.890. The van der Waals surface area contributed by atoms with Gasteiger partial charge >= 0.3 is 5.91 Å². The molecule has 1 amide bonds. The molecule has 2 aromatic carbocycles. The smallest absolute Gasteiger partial charge is 0.301 e. The van der Waals surface area contributed by atoms with Crippen molar-refractivity contribution in [1.82, 2.24) is 15.2 Å². The molecule has 4 aromatic rings. The minimum absolute atomic E-state index is 0.0300. The predicted molar refractivity (Wildman–Crippen MR) is 141 cm³/mol. The minimum Gasteiger partial charge on any atom is -0.507 e. The first-order valence-corrected chi connectivity index (χ1v) is 13.1. The first-order chi connectivity index (χ1) is 17.4. The van der Waals surface area contributed by atoms with Gasteiger partial charge in [0.25, 0.3) is 5.78 Å². The molecular formula is C26H19ClN4O3S2. The maximum Gasteiger partial charge on any atom is 0.301 e. The zero-order valence-electron chi connectivity index (χ0n) is 19.0. The van der Waals surface area contributed by atoms with Gasteiger partial charge in [0, 0.05) is 28.7 Å². The average molecular weight is 535 g/mol. The second kappa shape index (κ2) is 10.2. The quantitative estimate of drug-likeness (QED) is 0.109. The van der Waals surface area contributed by atoms with Crippen LogP contribution in [0.4, 0.5) is 5.13 Å². The molecule has 0 saturated carbocycles. The molecule has 36 heavy (non-hydrogen) atoms. The lowest BCUT2D eigenvalue weighted by Gasteiger charge is -2.22. The lowest BCUT2D eigenvalue weighted by Crippen LogP contribution is -2.29. The number of benzene rings is 2. The number of nitrogens with zero attached hydrogens (tertiary/aromatic N) is 4. The van der Waals surface area contributed by atoms with E-state index >= 15 is 0 Å². The van der Waals surface area contributed by atoms with E-state index in [0.717, 1.165) is 5.56 Å². The molecule has 10 heteroatoms. The number of hydrogen-bond acceptors (Lipinski definition) is 8. The molecule has 7 nitrogen and oxygen atoms in total. The Morgan fingerprint density at radius 1 is 1.03 bits per heavy atom. The molecule has 1 aliphatic heterocycles. The molecule has 1 fully saturated rings. The second-order valence-electron chi connectivity index (χ2n) is 8.08. The maximum absolute atomic E-state index is 13.2. The third kappa shape index (κ3) is 4.77. The van der Waals surface area contributed by atoms with Crippen LogP contribution in [0.1, 0.15) is 28.3 Å². The highest BCUT2D eigenvalue weighted by Crippen LogP contribution is 2.44. The topological polar surface area (TPSA) is 96.3 Å². The number of carbonyl (C=O) groups is 2. The second-order valence-corrected chi connectivity index (χ2v) is 10.7. The molecule has 5 rings (SSSR count). The standard InChI is InChI=1S/C26H19ClN4O3S2/c1-15-2-4-16(5-3-15)14-35-26-30-29-25(36-26)31-21(17-6-8-19(27)9-7-17)20(23(33)24(31)34)22(32)18-10-12-28-13-11-18/h2-13,21,32H,14H2,1H3. The summed E-state index contributed by atoms with van der Waals surface area (Å²) in [6.07, 6.45) is 3.01. The number of rotatable bonds is 6. The number of aliphatic hydroxyl groups excluding tert-OH is 1. The van der Waals surface area contributed by atoms with Crippen molar-refractivity contribution in [3.8, 4) is 0 Å². The third-order valence-corrected chi connectivity index (χ3v) is 8.05. The van der Waals surface area contributed by atoms with E-state index in [2.05, 4.69) is 39.4 Å². The Balaban J connectivity index is 1.52. The predicted octanol–water partition coefficient (Wildman–Crippen LogP) is 5.81. The van der Waals surface area contributed by atoms with Crippen LogP contribution in [0.15, 0.2) is 83.0 Å². The summed E-state index contributed by atoms with van der Waals surface area (Å²) in [6.45, 7) is 2.04. The molecular weight excluding hydrogens is 516 g/mol. The van der Waals surface area contributed by atoms with Gasteiger partial charge in [-0.15, -0.1) is 10.2 Å². The number of amides is 1. The summed E-state index contributed by atoms with van der Waals surface area (Å²) in [6, 6.07) is 17.3. The highest BCUT2D eigenvalue weighted by atomic mass is 35.5. The van der Waals surface area contributed by atoms with Crippen molar-refractivity contribution in [2.24, 2.45) is 0 Å². The van der Waals surface area contributed by atoms with Crippen LogP contribution in [-0.4, -0.2) is 32.0 Å². The van der Waals surface area contributed by atoms with Gasteiger partial charge in [-0.05, 0) is 42.3 Å². The lowest BCUT2D eigenvalue weighted by atomic mass is 9.96. The van der Waals surface area contributed by atoms with Crippen LogP contribution in [0.25, 0.3) is 5.76 Å². The summed E-state index contributed by atoms with van der Waals surface area (Å²) in [7, 11) is 0. The Bertz CT molecular complexity index is 1450. The fourth-order valence-electron chi connectivity index (χ4n) is 3.84.